The molecular formula is C18H20N6O2. The maximum Gasteiger partial charge on any atom is 0.227 e. The number of amides is 1. The number of para-hydroxylation sites is 2. The topological polar surface area (TPSA) is 88.9 Å². The third kappa shape index (κ3) is 2.63. The van der Waals surface area contributed by atoms with Crippen LogP contribution in [0.25, 0.3) is 11.5 Å². The number of H-pyrrole nitrogens is 1. The lowest BCUT2D eigenvalue weighted by molar-refractivity contribution is -0.117. The average Bonchev–Trinajstić information content (AvgIpc) is 3.33. The number of nitrogens with one attached hydrogen (secondary N) is 1. The molecule has 1 unspecified atom stereocenters. The summed E-state index contributed by atoms with van der Waals surface area (Å²) in [5.74, 6) is 2.25. The molecule has 1 fully saturated rings. The van der Waals surface area contributed by atoms with Crippen molar-refractivity contribution in [1.29, 1.82) is 0 Å². The third-order valence-corrected chi connectivity index (χ3v) is 4.71. The predicted molar refractivity (Wildman–Crippen MR) is 96.0 cm³/mol. The van der Waals surface area contributed by atoms with Gasteiger partial charge in [0.1, 0.15) is 23.6 Å². The van der Waals surface area contributed by atoms with Gasteiger partial charge >= 0.3 is 0 Å². The number of carbonyl (C=O) groups is 1. The van der Waals surface area contributed by atoms with E-state index in [1.165, 1.54) is 6.33 Å². The van der Waals surface area contributed by atoms with Crippen molar-refractivity contribution in [2.24, 2.45) is 7.05 Å². The Labute approximate surface area is 150 Å². The van der Waals surface area contributed by atoms with Crippen LogP contribution < -0.4 is 9.64 Å². The zero-order valence-corrected chi connectivity index (χ0v) is 14.9. The molecule has 1 saturated heterocycles. The first-order valence-electron chi connectivity index (χ1n) is 8.42. The van der Waals surface area contributed by atoms with E-state index in [0.717, 1.165) is 22.9 Å². The number of benzene rings is 1. The first-order chi connectivity index (χ1) is 12.6. The summed E-state index contributed by atoms with van der Waals surface area (Å²) >= 11 is 0. The molecule has 0 aliphatic carbocycles. The Morgan fingerprint density at radius 2 is 2.12 bits per heavy atom. The summed E-state index contributed by atoms with van der Waals surface area (Å²) in [6.07, 6.45) is 1.91. The quantitative estimate of drug-likeness (QED) is 0.776. The Bertz CT molecular complexity index is 960. The number of aromatic amines is 1. The lowest BCUT2D eigenvalue weighted by atomic mass is 10.1. The molecule has 0 bridgehead atoms. The van der Waals surface area contributed by atoms with E-state index in [9.17, 15) is 4.79 Å². The number of methoxy groups -OCH3 is 1. The van der Waals surface area contributed by atoms with E-state index in [2.05, 4.69) is 15.1 Å². The minimum Gasteiger partial charge on any atom is -0.495 e. The summed E-state index contributed by atoms with van der Waals surface area (Å²) in [4.78, 5) is 26.7. The fraction of sp³-hybridized carbons (Fsp3) is 0.333. The summed E-state index contributed by atoms with van der Waals surface area (Å²) in [6.45, 7) is 2.51. The van der Waals surface area contributed by atoms with Gasteiger partial charge in [0.25, 0.3) is 0 Å². The van der Waals surface area contributed by atoms with Gasteiger partial charge in [-0.25, -0.2) is 14.6 Å². The highest BCUT2D eigenvalue weighted by molar-refractivity contribution is 5.97. The Balaban J connectivity index is 1.63. The van der Waals surface area contributed by atoms with E-state index in [0.29, 0.717) is 24.5 Å². The lowest BCUT2D eigenvalue weighted by Gasteiger charge is -2.19. The van der Waals surface area contributed by atoms with Gasteiger partial charge < -0.3 is 14.6 Å². The number of aryl methyl sites for hydroxylation is 2. The van der Waals surface area contributed by atoms with Crippen molar-refractivity contribution >= 4 is 11.6 Å². The third-order valence-electron chi connectivity index (χ3n) is 4.71. The van der Waals surface area contributed by atoms with Crippen LogP contribution in [0.3, 0.4) is 0 Å². The Morgan fingerprint density at radius 3 is 2.85 bits per heavy atom. The second-order valence-corrected chi connectivity index (χ2v) is 6.38. The minimum absolute atomic E-state index is 0.00640. The Morgan fingerprint density at radius 1 is 1.31 bits per heavy atom. The van der Waals surface area contributed by atoms with Crippen LogP contribution in [0.2, 0.25) is 0 Å². The van der Waals surface area contributed by atoms with Crippen molar-refractivity contribution in [3.05, 3.63) is 42.1 Å². The van der Waals surface area contributed by atoms with Gasteiger partial charge in [0, 0.05) is 31.6 Å². The molecule has 1 aliphatic rings. The average molecular weight is 352 g/mol. The lowest BCUT2D eigenvalue weighted by Crippen LogP contribution is -2.24. The minimum atomic E-state index is -0.00640. The van der Waals surface area contributed by atoms with Crippen molar-refractivity contribution in [1.82, 2.24) is 24.7 Å². The number of imidazole rings is 1. The molecule has 2 aromatic heterocycles. The van der Waals surface area contributed by atoms with Crippen LogP contribution >= 0.6 is 0 Å². The Hall–Kier alpha value is -3.16. The summed E-state index contributed by atoms with van der Waals surface area (Å²) in [6, 6.07) is 7.56. The summed E-state index contributed by atoms with van der Waals surface area (Å²) in [5.41, 5.74) is 2.47. The molecule has 0 radical (unpaired) electrons. The smallest absolute Gasteiger partial charge is 0.227 e. The van der Waals surface area contributed by atoms with Gasteiger partial charge in [-0.3, -0.25) is 4.79 Å². The molecule has 1 aliphatic heterocycles. The highest BCUT2D eigenvalue weighted by atomic mass is 16.5. The summed E-state index contributed by atoms with van der Waals surface area (Å²) in [5, 5.41) is 4.10. The van der Waals surface area contributed by atoms with Crippen LogP contribution in [0.5, 0.6) is 5.75 Å². The predicted octanol–water partition coefficient (Wildman–Crippen LogP) is 2.04. The Kier molecular flexibility index (Phi) is 3.95. The fourth-order valence-electron chi connectivity index (χ4n) is 3.38. The molecule has 8 heteroatoms. The molecule has 3 aromatic rings. The maximum absolute atomic E-state index is 12.6. The van der Waals surface area contributed by atoms with E-state index < -0.39 is 0 Å². The molecule has 3 heterocycles. The number of hydrogen-bond acceptors (Lipinski definition) is 5. The number of rotatable bonds is 4. The van der Waals surface area contributed by atoms with Gasteiger partial charge in [0.2, 0.25) is 5.91 Å². The van der Waals surface area contributed by atoms with E-state index in [1.54, 1.807) is 16.7 Å². The van der Waals surface area contributed by atoms with E-state index >= 15 is 0 Å². The van der Waals surface area contributed by atoms with Crippen molar-refractivity contribution in [3.8, 4) is 17.3 Å². The van der Waals surface area contributed by atoms with Gasteiger partial charge in [0.05, 0.1) is 12.8 Å². The number of nitrogens with zero attached hydrogens (tertiary/aromatic N) is 5. The van der Waals surface area contributed by atoms with E-state index in [4.69, 9.17) is 9.72 Å². The number of anilines is 1. The summed E-state index contributed by atoms with van der Waals surface area (Å²) < 4.78 is 7.09. The largest absolute Gasteiger partial charge is 0.495 e. The molecule has 1 aromatic carbocycles. The standard InChI is InChI=1S/C18H20N6O2/c1-11-16(18-19-10-20-23(18)2)22-17(21-11)12-8-15(25)24(9-12)13-6-4-5-7-14(13)26-3/h4-7,10,12H,8-9H2,1-3H3,(H,21,22). The molecular weight excluding hydrogens is 332 g/mol. The zero-order chi connectivity index (χ0) is 18.3. The maximum atomic E-state index is 12.6. The van der Waals surface area contributed by atoms with Crippen molar-refractivity contribution in [3.63, 3.8) is 0 Å². The van der Waals surface area contributed by atoms with Gasteiger partial charge in [-0.2, -0.15) is 5.10 Å². The monoisotopic (exact) mass is 352 g/mol. The van der Waals surface area contributed by atoms with Gasteiger partial charge in [-0.1, -0.05) is 12.1 Å². The summed E-state index contributed by atoms with van der Waals surface area (Å²) in [7, 11) is 3.44. The molecule has 1 atom stereocenters. The zero-order valence-electron chi connectivity index (χ0n) is 14.9. The SMILES string of the molecule is COc1ccccc1N1CC(c2nc(-c3ncnn3C)c(C)[nH]2)CC1=O. The first-order valence-corrected chi connectivity index (χ1v) is 8.42. The van der Waals surface area contributed by atoms with E-state index in [1.807, 2.05) is 38.2 Å². The molecule has 1 N–H and O–H groups in total. The van der Waals surface area contributed by atoms with Crippen LogP contribution in [0.4, 0.5) is 5.69 Å². The van der Waals surface area contributed by atoms with Gasteiger partial charge in [0.15, 0.2) is 5.82 Å². The second kappa shape index (κ2) is 6.29. The van der Waals surface area contributed by atoms with Crippen molar-refractivity contribution < 1.29 is 9.53 Å². The first kappa shape index (κ1) is 16.3. The molecule has 1 amide bonds. The van der Waals surface area contributed by atoms with Crippen LogP contribution in [0.15, 0.2) is 30.6 Å². The number of carbonyl (C=O) groups excluding carboxylic acids is 1. The van der Waals surface area contributed by atoms with E-state index in [-0.39, 0.29) is 11.8 Å². The highest BCUT2D eigenvalue weighted by Gasteiger charge is 2.35. The fourth-order valence-corrected chi connectivity index (χ4v) is 3.38. The molecule has 0 saturated carbocycles. The molecule has 4 rings (SSSR count). The highest BCUT2D eigenvalue weighted by Crippen LogP contribution is 2.36. The van der Waals surface area contributed by atoms with Gasteiger partial charge in [-0.15, -0.1) is 0 Å². The second-order valence-electron chi connectivity index (χ2n) is 6.38. The number of hydrogen-bond donors (Lipinski definition) is 1. The van der Waals surface area contributed by atoms with Crippen LogP contribution in [-0.4, -0.2) is 44.3 Å². The number of aromatic nitrogens is 5. The van der Waals surface area contributed by atoms with Gasteiger partial charge in [-0.05, 0) is 19.1 Å². The van der Waals surface area contributed by atoms with Crippen molar-refractivity contribution in [2.75, 3.05) is 18.6 Å². The number of ether oxygens (including phenoxy) is 1. The van der Waals surface area contributed by atoms with Crippen LogP contribution in [0.1, 0.15) is 23.9 Å². The molecule has 26 heavy (non-hydrogen) atoms. The normalized spacial score (nSPS) is 17.1. The van der Waals surface area contributed by atoms with Crippen LogP contribution in [-0.2, 0) is 11.8 Å². The molecule has 8 nitrogen and oxygen atoms in total. The van der Waals surface area contributed by atoms with Crippen molar-refractivity contribution in [2.45, 2.75) is 19.3 Å². The molecule has 0 spiro atoms. The van der Waals surface area contributed by atoms with Crippen LogP contribution in [0, 0.1) is 6.92 Å². The molecule has 134 valence electrons.